The van der Waals surface area contributed by atoms with Gasteiger partial charge in [0, 0.05) is 17.5 Å². The Morgan fingerprint density at radius 2 is 2.06 bits per heavy atom. The summed E-state index contributed by atoms with van der Waals surface area (Å²) in [5, 5.41) is 12.2. The highest BCUT2D eigenvalue weighted by molar-refractivity contribution is 6.35. The Kier molecular flexibility index (Phi) is 3.09. The SMILES string of the molecule is Cc1nn(-c2nccc(C(=N)N)c2Cl)c(C)c1C. The van der Waals surface area contributed by atoms with Crippen molar-refractivity contribution in [1.29, 1.82) is 5.41 Å². The molecule has 0 saturated carbocycles. The number of aromatic nitrogens is 3. The van der Waals surface area contributed by atoms with E-state index in [1.165, 1.54) is 0 Å². The number of rotatable bonds is 2. The lowest BCUT2D eigenvalue weighted by molar-refractivity contribution is 0.805. The Morgan fingerprint density at radius 1 is 1.39 bits per heavy atom. The summed E-state index contributed by atoms with van der Waals surface area (Å²) in [5.41, 5.74) is 8.94. The van der Waals surface area contributed by atoms with Crippen LogP contribution in [-0.4, -0.2) is 20.6 Å². The Hall–Kier alpha value is -1.88. The third kappa shape index (κ3) is 1.86. The van der Waals surface area contributed by atoms with Crippen molar-refractivity contribution in [3.63, 3.8) is 0 Å². The maximum absolute atomic E-state index is 7.47. The van der Waals surface area contributed by atoms with Gasteiger partial charge >= 0.3 is 0 Å². The molecule has 2 aromatic rings. The first-order valence-corrected chi connectivity index (χ1v) is 5.83. The van der Waals surface area contributed by atoms with Gasteiger partial charge in [0.25, 0.3) is 0 Å². The number of nitrogens with zero attached hydrogens (tertiary/aromatic N) is 3. The molecule has 0 bridgehead atoms. The molecule has 0 amide bonds. The Bertz CT molecular complexity index is 630. The van der Waals surface area contributed by atoms with E-state index >= 15 is 0 Å². The number of nitrogens with one attached hydrogen (secondary N) is 1. The molecule has 5 nitrogen and oxygen atoms in total. The third-order valence-corrected chi connectivity index (χ3v) is 3.39. The Labute approximate surface area is 110 Å². The van der Waals surface area contributed by atoms with Crippen molar-refractivity contribution in [2.75, 3.05) is 0 Å². The van der Waals surface area contributed by atoms with E-state index in [-0.39, 0.29) is 5.84 Å². The Morgan fingerprint density at radius 3 is 2.56 bits per heavy atom. The molecule has 6 heteroatoms. The Balaban J connectivity index is 2.68. The van der Waals surface area contributed by atoms with Crippen molar-refractivity contribution >= 4 is 17.4 Å². The van der Waals surface area contributed by atoms with Crippen LogP contribution in [-0.2, 0) is 0 Å². The lowest BCUT2D eigenvalue weighted by Gasteiger charge is -2.09. The fourth-order valence-electron chi connectivity index (χ4n) is 1.72. The van der Waals surface area contributed by atoms with Gasteiger partial charge in [0.05, 0.1) is 10.7 Å². The van der Waals surface area contributed by atoms with E-state index in [4.69, 9.17) is 22.7 Å². The fourth-order valence-corrected chi connectivity index (χ4v) is 2.01. The predicted molar refractivity (Wildman–Crippen MR) is 71.6 cm³/mol. The third-order valence-electron chi connectivity index (χ3n) is 3.01. The molecule has 18 heavy (non-hydrogen) atoms. The minimum atomic E-state index is -0.0816. The highest BCUT2D eigenvalue weighted by Gasteiger charge is 2.16. The van der Waals surface area contributed by atoms with Crippen LogP contribution in [0, 0.1) is 26.2 Å². The van der Waals surface area contributed by atoms with E-state index in [0.29, 0.717) is 16.4 Å². The van der Waals surface area contributed by atoms with Crippen LogP contribution in [0.15, 0.2) is 12.3 Å². The normalized spacial score (nSPS) is 10.7. The van der Waals surface area contributed by atoms with E-state index in [0.717, 1.165) is 17.0 Å². The van der Waals surface area contributed by atoms with E-state index in [1.54, 1.807) is 16.9 Å². The number of pyridine rings is 1. The van der Waals surface area contributed by atoms with Crippen molar-refractivity contribution in [2.24, 2.45) is 5.73 Å². The monoisotopic (exact) mass is 263 g/mol. The van der Waals surface area contributed by atoms with E-state index in [1.807, 2.05) is 20.8 Å². The number of nitrogen functional groups attached to an aromatic ring is 1. The van der Waals surface area contributed by atoms with Gasteiger partial charge < -0.3 is 5.73 Å². The summed E-state index contributed by atoms with van der Waals surface area (Å²) in [4.78, 5) is 4.22. The molecular weight excluding hydrogens is 250 g/mol. The molecule has 0 spiro atoms. The van der Waals surface area contributed by atoms with E-state index in [2.05, 4.69) is 10.1 Å². The summed E-state index contributed by atoms with van der Waals surface area (Å²) >= 11 is 6.23. The minimum Gasteiger partial charge on any atom is -0.384 e. The second-order valence-electron chi connectivity index (χ2n) is 4.12. The zero-order valence-electron chi connectivity index (χ0n) is 10.5. The molecule has 0 aliphatic rings. The van der Waals surface area contributed by atoms with E-state index < -0.39 is 0 Å². The molecule has 0 atom stereocenters. The highest BCUT2D eigenvalue weighted by Crippen LogP contribution is 2.24. The van der Waals surface area contributed by atoms with Crippen molar-refractivity contribution in [3.8, 4) is 5.82 Å². The summed E-state index contributed by atoms with van der Waals surface area (Å²) < 4.78 is 1.68. The van der Waals surface area contributed by atoms with Crippen LogP contribution in [0.25, 0.3) is 5.82 Å². The van der Waals surface area contributed by atoms with Crippen LogP contribution < -0.4 is 5.73 Å². The molecule has 94 valence electrons. The maximum Gasteiger partial charge on any atom is 0.173 e. The molecule has 0 saturated heterocycles. The summed E-state index contributed by atoms with van der Waals surface area (Å²) in [6.45, 7) is 5.88. The molecule has 2 rings (SSSR count). The second kappa shape index (κ2) is 4.42. The average molecular weight is 264 g/mol. The number of hydrogen-bond acceptors (Lipinski definition) is 3. The molecule has 0 radical (unpaired) electrons. The van der Waals surface area contributed by atoms with Crippen LogP contribution >= 0.6 is 11.6 Å². The minimum absolute atomic E-state index is 0.0816. The van der Waals surface area contributed by atoms with Gasteiger partial charge in [-0.1, -0.05) is 11.6 Å². The van der Waals surface area contributed by atoms with E-state index in [9.17, 15) is 0 Å². The molecule has 0 fully saturated rings. The van der Waals surface area contributed by atoms with Crippen LogP contribution in [0.5, 0.6) is 0 Å². The number of amidine groups is 1. The molecule has 0 unspecified atom stereocenters. The van der Waals surface area contributed by atoms with Gasteiger partial charge in [-0.25, -0.2) is 9.67 Å². The first kappa shape index (κ1) is 12.6. The van der Waals surface area contributed by atoms with Crippen molar-refractivity contribution in [1.82, 2.24) is 14.8 Å². The lowest BCUT2D eigenvalue weighted by Crippen LogP contribution is -2.14. The number of nitrogens with two attached hydrogens (primary N) is 1. The highest BCUT2D eigenvalue weighted by atomic mass is 35.5. The summed E-state index contributed by atoms with van der Waals surface area (Å²) in [6, 6.07) is 1.62. The van der Waals surface area contributed by atoms with Gasteiger partial charge in [-0.05, 0) is 32.4 Å². The smallest absolute Gasteiger partial charge is 0.173 e. The molecule has 2 heterocycles. The second-order valence-corrected chi connectivity index (χ2v) is 4.50. The fraction of sp³-hybridized carbons (Fsp3) is 0.250. The lowest BCUT2D eigenvalue weighted by atomic mass is 10.2. The molecule has 0 aliphatic carbocycles. The quantitative estimate of drug-likeness (QED) is 0.643. The van der Waals surface area contributed by atoms with Gasteiger partial charge in [-0.2, -0.15) is 5.10 Å². The summed E-state index contributed by atoms with van der Waals surface area (Å²) in [6.07, 6.45) is 1.57. The van der Waals surface area contributed by atoms with Gasteiger partial charge in [0.2, 0.25) is 0 Å². The molecule has 0 aliphatic heterocycles. The molecule has 2 aromatic heterocycles. The number of aryl methyl sites for hydroxylation is 1. The maximum atomic E-state index is 7.47. The summed E-state index contributed by atoms with van der Waals surface area (Å²) in [5.74, 6) is 0.417. The van der Waals surface area contributed by atoms with Crippen LogP contribution in [0.4, 0.5) is 0 Å². The van der Waals surface area contributed by atoms with Gasteiger partial charge in [-0.15, -0.1) is 0 Å². The largest absolute Gasteiger partial charge is 0.384 e. The standard InChI is InChI=1S/C12H14ClN5/c1-6-7(2)17-18(8(6)3)12-10(13)9(11(14)15)4-5-16-12/h4-5H,1-3H3,(H3,14,15). The zero-order valence-corrected chi connectivity index (χ0v) is 11.2. The van der Waals surface area contributed by atoms with Gasteiger partial charge in [0.1, 0.15) is 5.84 Å². The van der Waals surface area contributed by atoms with Crippen LogP contribution in [0.3, 0.4) is 0 Å². The average Bonchev–Trinajstić information content (AvgIpc) is 2.57. The first-order valence-electron chi connectivity index (χ1n) is 5.45. The van der Waals surface area contributed by atoms with Crippen molar-refractivity contribution < 1.29 is 0 Å². The van der Waals surface area contributed by atoms with Crippen LogP contribution in [0.2, 0.25) is 5.02 Å². The van der Waals surface area contributed by atoms with Gasteiger partial charge in [-0.3, -0.25) is 5.41 Å². The summed E-state index contributed by atoms with van der Waals surface area (Å²) in [7, 11) is 0. The zero-order chi connectivity index (χ0) is 13.4. The number of hydrogen-bond donors (Lipinski definition) is 2. The van der Waals surface area contributed by atoms with Crippen molar-refractivity contribution in [3.05, 3.63) is 39.8 Å². The predicted octanol–water partition coefficient (Wildman–Crippen LogP) is 2.13. The molecule has 0 aromatic carbocycles. The van der Waals surface area contributed by atoms with Gasteiger partial charge in [0.15, 0.2) is 5.82 Å². The topological polar surface area (TPSA) is 80.6 Å². The number of halogens is 1. The van der Waals surface area contributed by atoms with Crippen molar-refractivity contribution in [2.45, 2.75) is 20.8 Å². The molecular formula is C12H14ClN5. The first-order chi connectivity index (χ1) is 8.43. The molecule has 3 N–H and O–H groups in total. The van der Waals surface area contributed by atoms with Crippen LogP contribution in [0.1, 0.15) is 22.5 Å².